The number of carbonyl (C=O) groups excluding carboxylic acids is 1. The highest BCUT2D eigenvalue weighted by molar-refractivity contribution is 5.99. The number of hydrogen-bond donors (Lipinski definition) is 2. The molecule has 27 heavy (non-hydrogen) atoms. The third-order valence-corrected chi connectivity index (χ3v) is 5.96. The minimum absolute atomic E-state index is 0.192. The number of amides is 1. The molecule has 7 heteroatoms. The zero-order valence-corrected chi connectivity index (χ0v) is 16.2. The summed E-state index contributed by atoms with van der Waals surface area (Å²) in [6, 6.07) is 7.26. The van der Waals surface area contributed by atoms with Gasteiger partial charge in [0.1, 0.15) is 5.54 Å². The molecule has 7 nitrogen and oxygen atoms in total. The number of carboxylic acid groups (broad SMARTS) is 1. The Morgan fingerprint density at radius 1 is 1.26 bits per heavy atom. The number of morpholine rings is 1. The summed E-state index contributed by atoms with van der Waals surface area (Å²) >= 11 is 0. The predicted octanol–water partition coefficient (Wildman–Crippen LogP) is 1.91. The molecule has 1 aromatic rings. The minimum atomic E-state index is -1.33. The average molecular weight is 376 g/mol. The van der Waals surface area contributed by atoms with E-state index >= 15 is 0 Å². The van der Waals surface area contributed by atoms with Crippen molar-refractivity contribution in [2.24, 2.45) is 5.41 Å². The van der Waals surface area contributed by atoms with Gasteiger partial charge in [-0.15, -0.1) is 0 Å². The maximum absolute atomic E-state index is 12.7. The number of benzene rings is 1. The van der Waals surface area contributed by atoms with E-state index in [1.165, 1.54) is 0 Å². The highest BCUT2D eigenvalue weighted by Crippen LogP contribution is 2.51. The van der Waals surface area contributed by atoms with Crippen molar-refractivity contribution >= 4 is 17.6 Å². The van der Waals surface area contributed by atoms with E-state index in [1.54, 1.807) is 12.1 Å². The second kappa shape index (κ2) is 7.48. The molecule has 3 rings (SSSR count). The van der Waals surface area contributed by atoms with Gasteiger partial charge in [-0.25, -0.2) is 4.79 Å². The number of nitrogens with one attached hydrogen (secondary N) is 1. The van der Waals surface area contributed by atoms with Gasteiger partial charge in [0.2, 0.25) is 0 Å². The molecule has 2 aliphatic rings. The van der Waals surface area contributed by atoms with Gasteiger partial charge in [0.25, 0.3) is 5.91 Å². The first-order valence-electron chi connectivity index (χ1n) is 9.42. The van der Waals surface area contributed by atoms with Crippen LogP contribution in [-0.2, 0) is 14.3 Å². The second-order valence-electron chi connectivity index (χ2n) is 7.68. The lowest BCUT2D eigenvalue weighted by molar-refractivity contribution is -0.190. The largest absolute Gasteiger partial charge is 0.479 e. The average Bonchev–Trinajstić information content (AvgIpc) is 2.67. The quantitative estimate of drug-likeness (QED) is 0.789. The van der Waals surface area contributed by atoms with Gasteiger partial charge < -0.3 is 24.8 Å². The van der Waals surface area contributed by atoms with Gasteiger partial charge in [0.15, 0.2) is 0 Å². The molecule has 0 radical (unpaired) electrons. The van der Waals surface area contributed by atoms with Crippen LogP contribution in [0.15, 0.2) is 24.3 Å². The molecule has 1 amide bonds. The summed E-state index contributed by atoms with van der Waals surface area (Å²) in [5, 5.41) is 12.6. The Balaban J connectivity index is 1.72. The normalized spacial score (nSPS) is 26.9. The van der Waals surface area contributed by atoms with Crippen molar-refractivity contribution in [3.05, 3.63) is 29.8 Å². The first kappa shape index (κ1) is 19.6. The molecule has 0 aromatic heterocycles. The SMILES string of the molecule is CCOC1CC(NC(=O)c2ccc(N3CCOCC3)cc2)(C(=O)O)C1(C)C. The monoisotopic (exact) mass is 376 g/mol. The van der Waals surface area contributed by atoms with Crippen molar-refractivity contribution < 1.29 is 24.2 Å². The van der Waals surface area contributed by atoms with Crippen LogP contribution in [0, 0.1) is 5.41 Å². The molecule has 1 saturated heterocycles. The van der Waals surface area contributed by atoms with Crippen LogP contribution in [-0.4, -0.2) is 61.5 Å². The van der Waals surface area contributed by atoms with E-state index in [-0.39, 0.29) is 18.4 Å². The molecule has 148 valence electrons. The lowest BCUT2D eigenvalue weighted by Crippen LogP contribution is -2.76. The third kappa shape index (κ3) is 3.41. The molecule has 1 heterocycles. The molecule has 0 bridgehead atoms. The Bertz CT molecular complexity index is 697. The van der Waals surface area contributed by atoms with Crippen LogP contribution in [0.1, 0.15) is 37.6 Å². The van der Waals surface area contributed by atoms with Crippen molar-refractivity contribution in [2.45, 2.75) is 38.8 Å². The fourth-order valence-electron chi connectivity index (χ4n) is 3.95. The molecule has 0 spiro atoms. The molecular formula is C20H28N2O5. The topological polar surface area (TPSA) is 88.1 Å². The fraction of sp³-hybridized carbons (Fsp3) is 0.600. The number of aliphatic carboxylic acids is 1. The number of ether oxygens (including phenoxy) is 2. The maximum Gasteiger partial charge on any atom is 0.330 e. The summed E-state index contributed by atoms with van der Waals surface area (Å²) < 4.78 is 11.0. The first-order chi connectivity index (χ1) is 12.8. The van der Waals surface area contributed by atoms with Crippen molar-refractivity contribution in [3.8, 4) is 0 Å². The summed E-state index contributed by atoms with van der Waals surface area (Å²) in [5.41, 5.74) is -0.545. The zero-order chi connectivity index (χ0) is 19.7. The number of carboxylic acids is 1. The standard InChI is InChI=1S/C20H28N2O5/c1-4-27-16-13-20(18(24)25,19(16,2)3)21-17(23)14-5-7-15(8-6-14)22-9-11-26-12-10-22/h5-8,16H,4,9-13H2,1-3H3,(H,21,23)(H,24,25). The van der Waals surface area contributed by atoms with Gasteiger partial charge in [-0.3, -0.25) is 4.79 Å². The molecule has 1 aromatic carbocycles. The minimum Gasteiger partial charge on any atom is -0.479 e. The van der Waals surface area contributed by atoms with E-state index in [9.17, 15) is 14.7 Å². The Morgan fingerprint density at radius 2 is 1.89 bits per heavy atom. The fourth-order valence-corrected chi connectivity index (χ4v) is 3.95. The number of anilines is 1. The lowest BCUT2D eigenvalue weighted by atomic mass is 9.54. The maximum atomic E-state index is 12.7. The number of carbonyl (C=O) groups is 2. The molecule has 1 saturated carbocycles. The predicted molar refractivity (Wildman–Crippen MR) is 101 cm³/mol. The Kier molecular flexibility index (Phi) is 5.44. The van der Waals surface area contributed by atoms with Gasteiger partial charge in [-0.1, -0.05) is 13.8 Å². The second-order valence-corrected chi connectivity index (χ2v) is 7.68. The molecule has 1 aliphatic heterocycles. The van der Waals surface area contributed by atoms with Gasteiger partial charge in [0, 0.05) is 42.8 Å². The summed E-state index contributed by atoms with van der Waals surface area (Å²) in [6.07, 6.45) is 0.0726. The Morgan fingerprint density at radius 3 is 2.41 bits per heavy atom. The van der Waals surface area contributed by atoms with Gasteiger partial charge in [-0.05, 0) is 31.2 Å². The van der Waals surface area contributed by atoms with Crippen LogP contribution in [0.25, 0.3) is 0 Å². The van der Waals surface area contributed by atoms with Crippen LogP contribution in [0.2, 0.25) is 0 Å². The molecule has 2 unspecified atom stereocenters. The van der Waals surface area contributed by atoms with E-state index in [1.807, 2.05) is 32.9 Å². The van der Waals surface area contributed by atoms with E-state index < -0.39 is 16.9 Å². The summed E-state index contributed by atoms with van der Waals surface area (Å²) in [7, 11) is 0. The van der Waals surface area contributed by atoms with Crippen LogP contribution in [0.3, 0.4) is 0 Å². The van der Waals surface area contributed by atoms with Crippen molar-refractivity contribution in [3.63, 3.8) is 0 Å². The summed E-state index contributed by atoms with van der Waals surface area (Å²) in [5.74, 6) is -1.41. The number of hydrogen-bond acceptors (Lipinski definition) is 5. The van der Waals surface area contributed by atoms with Crippen LogP contribution < -0.4 is 10.2 Å². The summed E-state index contributed by atoms with van der Waals surface area (Å²) in [6.45, 7) is 9.08. The van der Waals surface area contributed by atoms with Crippen molar-refractivity contribution in [1.82, 2.24) is 5.32 Å². The van der Waals surface area contributed by atoms with Gasteiger partial charge >= 0.3 is 5.97 Å². The lowest BCUT2D eigenvalue weighted by Gasteiger charge is -2.58. The van der Waals surface area contributed by atoms with E-state index in [4.69, 9.17) is 9.47 Å². The van der Waals surface area contributed by atoms with Crippen LogP contribution in [0.5, 0.6) is 0 Å². The molecule has 1 aliphatic carbocycles. The number of nitrogens with zero attached hydrogens (tertiary/aromatic N) is 1. The first-order valence-corrected chi connectivity index (χ1v) is 9.42. The summed E-state index contributed by atoms with van der Waals surface area (Å²) in [4.78, 5) is 27.0. The van der Waals surface area contributed by atoms with E-state index in [0.717, 1.165) is 18.8 Å². The van der Waals surface area contributed by atoms with Crippen LogP contribution >= 0.6 is 0 Å². The molecular weight excluding hydrogens is 348 g/mol. The highest BCUT2D eigenvalue weighted by atomic mass is 16.5. The van der Waals surface area contributed by atoms with Gasteiger partial charge in [-0.2, -0.15) is 0 Å². The molecule has 2 atom stereocenters. The highest BCUT2D eigenvalue weighted by Gasteiger charge is 2.66. The van der Waals surface area contributed by atoms with E-state index in [2.05, 4.69) is 10.2 Å². The van der Waals surface area contributed by atoms with Crippen LogP contribution in [0.4, 0.5) is 5.69 Å². The van der Waals surface area contributed by atoms with E-state index in [0.29, 0.717) is 25.4 Å². The smallest absolute Gasteiger partial charge is 0.330 e. The van der Waals surface area contributed by atoms with Gasteiger partial charge in [0.05, 0.1) is 19.3 Å². The Hall–Kier alpha value is -2.12. The van der Waals surface area contributed by atoms with Crippen molar-refractivity contribution in [2.75, 3.05) is 37.8 Å². The zero-order valence-electron chi connectivity index (χ0n) is 16.2. The Labute approximate surface area is 159 Å². The molecule has 2 fully saturated rings. The third-order valence-electron chi connectivity index (χ3n) is 5.96. The number of rotatable bonds is 6. The van der Waals surface area contributed by atoms with Crippen molar-refractivity contribution in [1.29, 1.82) is 0 Å². The molecule has 2 N–H and O–H groups in total.